The van der Waals surface area contributed by atoms with Gasteiger partial charge in [0.25, 0.3) is 0 Å². The second-order valence-corrected chi connectivity index (χ2v) is 5.38. The normalized spacial score (nSPS) is 11.1. The minimum atomic E-state index is 0.463. The van der Waals surface area contributed by atoms with E-state index in [2.05, 4.69) is 32.6 Å². The molecule has 0 radical (unpaired) electrons. The van der Waals surface area contributed by atoms with Crippen LogP contribution in [-0.2, 0) is 0 Å². The number of aromatic nitrogens is 2. The molecule has 0 N–H and O–H groups in total. The van der Waals surface area contributed by atoms with Crippen molar-refractivity contribution >= 4 is 45.2 Å². The van der Waals surface area contributed by atoms with Gasteiger partial charge in [-0.05, 0) is 35.6 Å². The Kier molecular flexibility index (Phi) is 2.99. The van der Waals surface area contributed by atoms with Gasteiger partial charge in [-0.3, -0.25) is 0 Å². The third kappa shape index (κ3) is 1.89. The van der Waals surface area contributed by atoms with E-state index in [-0.39, 0.29) is 0 Å². The summed E-state index contributed by atoms with van der Waals surface area (Å²) in [5.74, 6) is 1.40. The van der Waals surface area contributed by atoms with Gasteiger partial charge in [-0.2, -0.15) is 0 Å². The van der Waals surface area contributed by atoms with Gasteiger partial charge in [-0.15, -0.1) is 0 Å². The first-order chi connectivity index (χ1) is 8.66. The molecule has 0 bridgehead atoms. The number of fused-ring (bicyclic) bond motifs is 1. The molecule has 3 aromatic rings. The molecule has 0 saturated carbocycles. The Labute approximate surface area is 122 Å². The molecule has 3 nitrogen and oxygen atoms in total. The van der Waals surface area contributed by atoms with Crippen molar-refractivity contribution in [2.24, 2.45) is 0 Å². The molecule has 3 rings (SSSR count). The van der Waals surface area contributed by atoms with Crippen LogP contribution in [0.3, 0.4) is 0 Å². The number of nitrogens with zero attached hydrogens (tertiary/aromatic N) is 2. The summed E-state index contributed by atoms with van der Waals surface area (Å²) in [6, 6.07) is 7.84. The largest absolute Gasteiger partial charge is 0.461 e. The van der Waals surface area contributed by atoms with Gasteiger partial charge >= 0.3 is 0 Å². The van der Waals surface area contributed by atoms with Crippen LogP contribution >= 0.6 is 34.2 Å². The maximum absolute atomic E-state index is 6.05. The minimum absolute atomic E-state index is 0.463. The smallest absolute Gasteiger partial charge is 0.165 e. The summed E-state index contributed by atoms with van der Waals surface area (Å²) in [5, 5.41) is 1.47. The number of hydrogen-bond acceptors (Lipinski definition) is 3. The molecule has 0 fully saturated rings. The van der Waals surface area contributed by atoms with Crippen molar-refractivity contribution in [2.75, 3.05) is 0 Å². The molecule has 18 heavy (non-hydrogen) atoms. The zero-order valence-electron chi connectivity index (χ0n) is 9.45. The van der Waals surface area contributed by atoms with Crippen molar-refractivity contribution in [1.29, 1.82) is 0 Å². The molecule has 5 heteroatoms. The van der Waals surface area contributed by atoms with Crippen molar-refractivity contribution in [3.05, 3.63) is 44.9 Å². The summed E-state index contributed by atoms with van der Waals surface area (Å²) < 4.78 is 6.54. The van der Waals surface area contributed by atoms with Crippen LogP contribution in [0.4, 0.5) is 0 Å². The lowest BCUT2D eigenvalue weighted by molar-refractivity contribution is 0.579. The van der Waals surface area contributed by atoms with Crippen molar-refractivity contribution in [3.63, 3.8) is 0 Å². The predicted octanol–water partition coefficient (Wildman–Crippen LogP) is 4.46. The van der Waals surface area contributed by atoms with Gasteiger partial charge in [0, 0.05) is 11.6 Å². The first-order valence-corrected chi connectivity index (χ1v) is 6.79. The van der Waals surface area contributed by atoms with Gasteiger partial charge in [-0.1, -0.05) is 29.8 Å². The van der Waals surface area contributed by atoms with E-state index in [1.165, 1.54) is 0 Å². The average molecular weight is 371 g/mol. The Bertz CT molecular complexity index is 739. The van der Waals surface area contributed by atoms with Crippen LogP contribution in [0.25, 0.3) is 22.4 Å². The van der Waals surface area contributed by atoms with Crippen LogP contribution in [0.15, 0.2) is 34.9 Å². The molecule has 0 aliphatic rings. The molecule has 0 aliphatic heterocycles. The van der Waals surface area contributed by atoms with E-state index in [0.29, 0.717) is 11.0 Å². The monoisotopic (exact) mass is 370 g/mol. The topological polar surface area (TPSA) is 38.9 Å². The number of benzene rings is 1. The highest BCUT2D eigenvalue weighted by molar-refractivity contribution is 14.1. The molecule has 1 aromatic carbocycles. The van der Waals surface area contributed by atoms with Crippen molar-refractivity contribution < 1.29 is 4.42 Å². The molecular weight excluding hydrogens is 363 g/mol. The number of rotatable bonds is 1. The predicted molar refractivity (Wildman–Crippen MR) is 79.7 cm³/mol. The van der Waals surface area contributed by atoms with E-state index in [1.54, 1.807) is 6.20 Å². The van der Waals surface area contributed by atoms with Crippen LogP contribution in [0.2, 0.25) is 5.15 Å². The SMILES string of the molecule is Cc1oc2ccccc2c1-c1ncc(I)c(Cl)n1. The van der Waals surface area contributed by atoms with Crippen LogP contribution < -0.4 is 0 Å². The quantitative estimate of drug-likeness (QED) is 0.469. The zero-order chi connectivity index (χ0) is 12.7. The second kappa shape index (κ2) is 4.51. The van der Waals surface area contributed by atoms with E-state index in [0.717, 1.165) is 25.9 Å². The van der Waals surface area contributed by atoms with Crippen LogP contribution in [0, 0.1) is 10.5 Å². The number of para-hydroxylation sites is 1. The second-order valence-electron chi connectivity index (χ2n) is 3.86. The summed E-state index contributed by atoms with van der Waals surface area (Å²) in [6.45, 7) is 1.91. The number of halogens is 2. The highest BCUT2D eigenvalue weighted by Crippen LogP contribution is 2.33. The fraction of sp³-hybridized carbons (Fsp3) is 0.0769. The van der Waals surface area contributed by atoms with Crippen LogP contribution in [0.5, 0.6) is 0 Å². The molecule has 0 saturated heterocycles. The van der Waals surface area contributed by atoms with E-state index in [4.69, 9.17) is 16.0 Å². The number of aryl methyl sites for hydroxylation is 1. The van der Waals surface area contributed by atoms with Gasteiger partial charge in [-0.25, -0.2) is 9.97 Å². The highest BCUT2D eigenvalue weighted by Gasteiger charge is 2.15. The maximum Gasteiger partial charge on any atom is 0.165 e. The summed E-state index contributed by atoms with van der Waals surface area (Å²) >= 11 is 8.15. The average Bonchev–Trinajstić information content (AvgIpc) is 2.69. The maximum atomic E-state index is 6.05. The van der Waals surface area contributed by atoms with Gasteiger partial charge in [0.1, 0.15) is 16.5 Å². The Hall–Kier alpha value is -1.14. The highest BCUT2D eigenvalue weighted by atomic mass is 127. The summed E-state index contributed by atoms with van der Waals surface area (Å²) in [7, 11) is 0. The molecule has 0 spiro atoms. The van der Waals surface area contributed by atoms with Gasteiger partial charge in [0.15, 0.2) is 5.82 Å². The zero-order valence-corrected chi connectivity index (χ0v) is 12.4. The standard InChI is InChI=1S/C13H8ClIN2O/c1-7-11(8-4-2-3-5-10(8)18-7)13-16-6-9(15)12(14)17-13/h2-6H,1H3. The van der Waals surface area contributed by atoms with E-state index < -0.39 is 0 Å². The molecule has 0 amide bonds. The van der Waals surface area contributed by atoms with Crippen molar-refractivity contribution in [2.45, 2.75) is 6.92 Å². The minimum Gasteiger partial charge on any atom is -0.461 e. The molecule has 0 aliphatic carbocycles. The first-order valence-electron chi connectivity index (χ1n) is 5.33. The Morgan fingerprint density at radius 3 is 2.83 bits per heavy atom. The van der Waals surface area contributed by atoms with E-state index >= 15 is 0 Å². The number of furan rings is 1. The number of hydrogen-bond donors (Lipinski definition) is 0. The molecule has 0 atom stereocenters. The first kappa shape index (κ1) is 11.9. The molecule has 2 aromatic heterocycles. The van der Waals surface area contributed by atoms with E-state index in [9.17, 15) is 0 Å². The molecular formula is C13H8ClIN2O. The Morgan fingerprint density at radius 2 is 2.06 bits per heavy atom. The molecule has 0 unspecified atom stereocenters. The van der Waals surface area contributed by atoms with Gasteiger partial charge < -0.3 is 4.42 Å². The lowest BCUT2D eigenvalue weighted by Gasteiger charge is -2.00. The third-order valence-corrected chi connectivity index (χ3v) is 4.09. The summed E-state index contributed by atoms with van der Waals surface area (Å²) in [4.78, 5) is 8.64. The van der Waals surface area contributed by atoms with Crippen molar-refractivity contribution in [1.82, 2.24) is 9.97 Å². The lowest BCUT2D eigenvalue weighted by atomic mass is 10.1. The van der Waals surface area contributed by atoms with Crippen molar-refractivity contribution in [3.8, 4) is 11.4 Å². The van der Waals surface area contributed by atoms with Gasteiger partial charge in [0.2, 0.25) is 0 Å². The Balaban J connectivity index is 2.30. The van der Waals surface area contributed by atoms with Crippen LogP contribution in [0.1, 0.15) is 5.76 Å². The summed E-state index contributed by atoms with van der Waals surface area (Å²) in [6.07, 6.45) is 1.71. The lowest BCUT2D eigenvalue weighted by Crippen LogP contribution is -1.91. The van der Waals surface area contributed by atoms with E-state index in [1.807, 2.05) is 31.2 Å². The third-order valence-electron chi connectivity index (χ3n) is 2.70. The fourth-order valence-corrected chi connectivity index (χ4v) is 2.30. The molecule has 90 valence electrons. The summed E-state index contributed by atoms with van der Waals surface area (Å²) in [5.41, 5.74) is 1.74. The van der Waals surface area contributed by atoms with Gasteiger partial charge in [0.05, 0.1) is 9.13 Å². The van der Waals surface area contributed by atoms with Crippen LogP contribution in [-0.4, -0.2) is 9.97 Å². The fourth-order valence-electron chi connectivity index (χ4n) is 1.91. The Morgan fingerprint density at radius 1 is 1.28 bits per heavy atom. The molecule has 2 heterocycles.